The number of hydrogen-bond acceptors (Lipinski definition) is 2. The summed E-state index contributed by atoms with van der Waals surface area (Å²) in [5.74, 6) is 1.20. The standard InChI is InChI=1S/C14H23N3O/c1-11-5-7-17(8-6-11)9-13(18)16-14(2,10-15)12-3-4-12/h11-12H,3-9H2,1-2H3,(H,16,18)/p+1/t14-/m1/s1. The fourth-order valence-corrected chi connectivity index (χ4v) is 2.79. The Labute approximate surface area is 109 Å². The molecule has 0 aromatic carbocycles. The third-order valence-corrected chi connectivity index (χ3v) is 4.42. The van der Waals surface area contributed by atoms with Gasteiger partial charge in [0.15, 0.2) is 6.54 Å². The molecule has 1 heterocycles. The van der Waals surface area contributed by atoms with Crippen molar-refractivity contribution in [3.63, 3.8) is 0 Å². The van der Waals surface area contributed by atoms with Crippen LogP contribution in [0.1, 0.15) is 39.5 Å². The van der Waals surface area contributed by atoms with E-state index < -0.39 is 5.54 Å². The molecule has 2 fully saturated rings. The second-order valence-electron chi connectivity index (χ2n) is 6.25. The maximum absolute atomic E-state index is 12.0. The topological polar surface area (TPSA) is 57.3 Å². The monoisotopic (exact) mass is 250 g/mol. The van der Waals surface area contributed by atoms with E-state index in [-0.39, 0.29) is 5.91 Å². The summed E-state index contributed by atoms with van der Waals surface area (Å²) in [6.45, 7) is 6.83. The summed E-state index contributed by atoms with van der Waals surface area (Å²) >= 11 is 0. The molecule has 0 spiro atoms. The first-order valence-corrected chi connectivity index (χ1v) is 7.09. The first-order chi connectivity index (χ1) is 8.53. The minimum absolute atomic E-state index is 0.0375. The lowest BCUT2D eigenvalue weighted by Crippen LogP contribution is -3.14. The Hall–Kier alpha value is -1.08. The number of carbonyl (C=O) groups is 1. The Kier molecular flexibility index (Phi) is 3.91. The van der Waals surface area contributed by atoms with Crippen molar-refractivity contribution >= 4 is 5.91 Å². The Balaban J connectivity index is 1.80. The molecule has 0 unspecified atom stereocenters. The highest BCUT2D eigenvalue weighted by molar-refractivity contribution is 5.78. The van der Waals surface area contributed by atoms with Gasteiger partial charge in [-0.1, -0.05) is 6.92 Å². The second-order valence-corrected chi connectivity index (χ2v) is 6.25. The Morgan fingerprint density at radius 3 is 2.50 bits per heavy atom. The van der Waals surface area contributed by atoms with E-state index in [0.717, 1.165) is 31.8 Å². The lowest BCUT2D eigenvalue weighted by atomic mass is 9.97. The van der Waals surface area contributed by atoms with Gasteiger partial charge in [-0.05, 0) is 44.4 Å². The zero-order valence-electron chi connectivity index (χ0n) is 11.5. The molecule has 4 nitrogen and oxygen atoms in total. The highest BCUT2D eigenvalue weighted by Crippen LogP contribution is 2.39. The number of nitrogens with one attached hydrogen (secondary N) is 2. The maximum Gasteiger partial charge on any atom is 0.276 e. The first kappa shape index (κ1) is 13.4. The van der Waals surface area contributed by atoms with Crippen molar-refractivity contribution in [2.24, 2.45) is 11.8 Å². The van der Waals surface area contributed by atoms with E-state index in [1.54, 1.807) is 0 Å². The van der Waals surface area contributed by atoms with Gasteiger partial charge in [0.05, 0.1) is 19.2 Å². The molecule has 1 saturated carbocycles. The molecule has 0 bridgehead atoms. The van der Waals surface area contributed by atoms with Gasteiger partial charge in [-0.15, -0.1) is 0 Å². The van der Waals surface area contributed by atoms with Gasteiger partial charge in [0.25, 0.3) is 5.91 Å². The predicted octanol–water partition coefficient (Wildman–Crippen LogP) is 0.110. The molecule has 0 aromatic heterocycles. The SMILES string of the molecule is CC1CC[NH+](CC(=O)N[C@](C)(C#N)C2CC2)CC1. The molecule has 2 aliphatic rings. The Morgan fingerprint density at radius 1 is 1.39 bits per heavy atom. The highest BCUT2D eigenvalue weighted by Gasteiger charge is 2.43. The van der Waals surface area contributed by atoms with E-state index in [4.69, 9.17) is 0 Å². The summed E-state index contributed by atoms with van der Waals surface area (Å²) in [6, 6.07) is 2.27. The average Bonchev–Trinajstić information content (AvgIpc) is 3.16. The molecule has 2 N–H and O–H groups in total. The molecule has 100 valence electrons. The number of piperidine rings is 1. The van der Waals surface area contributed by atoms with Crippen molar-refractivity contribution < 1.29 is 9.69 Å². The number of likely N-dealkylation sites (tertiary alicyclic amines) is 1. The van der Waals surface area contributed by atoms with Crippen molar-refractivity contribution in [2.45, 2.75) is 45.1 Å². The Morgan fingerprint density at radius 2 is 2.00 bits per heavy atom. The molecule has 1 aliphatic heterocycles. The lowest BCUT2D eigenvalue weighted by Gasteiger charge is -2.28. The van der Waals surface area contributed by atoms with Gasteiger partial charge in [-0.25, -0.2) is 0 Å². The van der Waals surface area contributed by atoms with Gasteiger partial charge in [-0.3, -0.25) is 4.79 Å². The van der Waals surface area contributed by atoms with Crippen LogP contribution in [0.3, 0.4) is 0 Å². The number of amides is 1. The summed E-state index contributed by atoms with van der Waals surface area (Å²) in [5.41, 5.74) is -0.639. The summed E-state index contributed by atoms with van der Waals surface area (Å²) < 4.78 is 0. The molecule has 1 aliphatic carbocycles. The minimum Gasteiger partial charge on any atom is -0.333 e. The third kappa shape index (κ3) is 3.23. The Bertz CT molecular complexity index is 351. The molecule has 1 atom stereocenters. The second kappa shape index (κ2) is 5.27. The van der Waals surface area contributed by atoms with Crippen LogP contribution in [0.5, 0.6) is 0 Å². The fourth-order valence-electron chi connectivity index (χ4n) is 2.79. The number of carbonyl (C=O) groups excluding carboxylic acids is 1. The first-order valence-electron chi connectivity index (χ1n) is 7.09. The number of rotatable bonds is 4. The van der Waals surface area contributed by atoms with Gasteiger partial charge in [-0.2, -0.15) is 5.26 Å². The highest BCUT2D eigenvalue weighted by atomic mass is 16.2. The zero-order valence-corrected chi connectivity index (χ0v) is 11.5. The third-order valence-electron chi connectivity index (χ3n) is 4.42. The van der Waals surface area contributed by atoms with Crippen LogP contribution in [0.15, 0.2) is 0 Å². The van der Waals surface area contributed by atoms with Crippen LogP contribution in [0, 0.1) is 23.2 Å². The minimum atomic E-state index is -0.639. The number of quaternary nitrogens is 1. The predicted molar refractivity (Wildman–Crippen MR) is 68.8 cm³/mol. The van der Waals surface area contributed by atoms with Crippen LogP contribution >= 0.6 is 0 Å². The van der Waals surface area contributed by atoms with Gasteiger partial charge in [0.2, 0.25) is 0 Å². The van der Waals surface area contributed by atoms with E-state index >= 15 is 0 Å². The van der Waals surface area contributed by atoms with Crippen molar-refractivity contribution in [1.29, 1.82) is 5.26 Å². The molecular formula is C14H24N3O+. The molecule has 2 rings (SSSR count). The van der Waals surface area contributed by atoms with Gasteiger partial charge in [0, 0.05) is 0 Å². The molecule has 18 heavy (non-hydrogen) atoms. The van der Waals surface area contributed by atoms with E-state index in [0.29, 0.717) is 12.5 Å². The van der Waals surface area contributed by atoms with Crippen LogP contribution in [-0.2, 0) is 4.79 Å². The van der Waals surface area contributed by atoms with Crippen molar-refractivity contribution in [3.8, 4) is 6.07 Å². The fraction of sp³-hybridized carbons (Fsp3) is 0.857. The summed E-state index contributed by atoms with van der Waals surface area (Å²) in [7, 11) is 0. The van der Waals surface area contributed by atoms with Crippen LogP contribution < -0.4 is 10.2 Å². The lowest BCUT2D eigenvalue weighted by molar-refractivity contribution is -0.898. The number of nitriles is 1. The van der Waals surface area contributed by atoms with Gasteiger partial charge >= 0.3 is 0 Å². The molecule has 0 aromatic rings. The van der Waals surface area contributed by atoms with E-state index in [1.807, 2.05) is 6.92 Å². The van der Waals surface area contributed by atoms with Crippen molar-refractivity contribution in [2.75, 3.05) is 19.6 Å². The molecule has 0 radical (unpaired) electrons. The van der Waals surface area contributed by atoms with Crippen LogP contribution in [0.4, 0.5) is 0 Å². The smallest absolute Gasteiger partial charge is 0.276 e. The van der Waals surface area contributed by atoms with Crippen LogP contribution in [-0.4, -0.2) is 31.1 Å². The van der Waals surface area contributed by atoms with Crippen molar-refractivity contribution in [3.05, 3.63) is 0 Å². The molecule has 4 heteroatoms. The van der Waals surface area contributed by atoms with E-state index in [1.165, 1.54) is 17.7 Å². The largest absolute Gasteiger partial charge is 0.333 e. The summed E-state index contributed by atoms with van der Waals surface area (Å²) in [4.78, 5) is 13.4. The van der Waals surface area contributed by atoms with Crippen molar-refractivity contribution in [1.82, 2.24) is 5.32 Å². The maximum atomic E-state index is 12.0. The van der Waals surface area contributed by atoms with E-state index in [9.17, 15) is 10.1 Å². The average molecular weight is 250 g/mol. The van der Waals surface area contributed by atoms with E-state index in [2.05, 4.69) is 18.3 Å². The number of nitrogens with zero attached hydrogens (tertiary/aromatic N) is 1. The summed E-state index contributed by atoms with van der Waals surface area (Å²) in [5, 5.41) is 12.2. The summed E-state index contributed by atoms with van der Waals surface area (Å²) in [6.07, 6.45) is 4.55. The molecule has 1 saturated heterocycles. The zero-order chi connectivity index (χ0) is 13.2. The van der Waals surface area contributed by atoms with Gasteiger partial charge < -0.3 is 10.2 Å². The quantitative estimate of drug-likeness (QED) is 0.744. The normalized spacial score (nSPS) is 31.2. The molecule has 1 amide bonds. The molecular weight excluding hydrogens is 226 g/mol. The van der Waals surface area contributed by atoms with Crippen LogP contribution in [0.2, 0.25) is 0 Å². The number of hydrogen-bond donors (Lipinski definition) is 2. The van der Waals surface area contributed by atoms with Crippen LogP contribution in [0.25, 0.3) is 0 Å². The van der Waals surface area contributed by atoms with Gasteiger partial charge in [0.1, 0.15) is 5.54 Å².